The van der Waals surface area contributed by atoms with Crippen molar-refractivity contribution in [3.05, 3.63) is 0 Å². The van der Waals surface area contributed by atoms with Gasteiger partial charge in [0, 0.05) is 24.9 Å². The van der Waals surface area contributed by atoms with Crippen molar-refractivity contribution in [3.63, 3.8) is 0 Å². The number of halogens is 1. The molecule has 0 saturated carbocycles. The molecule has 8 heteroatoms. The summed E-state index contributed by atoms with van der Waals surface area (Å²) in [5.74, 6) is 1.57. The molecule has 0 radical (unpaired) electrons. The zero-order valence-electron chi connectivity index (χ0n) is 12.6. The fraction of sp³-hybridized carbons (Fsp3) is 0.917. The fourth-order valence-corrected chi connectivity index (χ4v) is 3.94. The summed E-state index contributed by atoms with van der Waals surface area (Å²) < 4.78 is 22.9. The summed E-state index contributed by atoms with van der Waals surface area (Å²) in [5.41, 5.74) is 0. The van der Waals surface area contributed by atoms with Crippen molar-refractivity contribution in [1.29, 1.82) is 0 Å². The lowest BCUT2D eigenvalue weighted by Gasteiger charge is -2.24. The number of rotatable bonds is 5. The molecule has 0 amide bonds. The molecule has 1 heterocycles. The highest BCUT2D eigenvalue weighted by molar-refractivity contribution is 14.0. The van der Waals surface area contributed by atoms with Gasteiger partial charge in [0.2, 0.25) is 0 Å². The minimum atomic E-state index is -2.79. The summed E-state index contributed by atoms with van der Waals surface area (Å²) in [7, 11) is -1.06. The molecule has 1 fully saturated rings. The van der Waals surface area contributed by atoms with Crippen LogP contribution in [0.15, 0.2) is 4.99 Å². The molecule has 120 valence electrons. The maximum absolute atomic E-state index is 11.4. The van der Waals surface area contributed by atoms with Gasteiger partial charge in [-0.2, -0.15) is 11.8 Å². The molecule has 0 aromatic heterocycles. The summed E-state index contributed by atoms with van der Waals surface area (Å²) in [6.45, 7) is 5.82. The van der Waals surface area contributed by atoms with Gasteiger partial charge in [0.15, 0.2) is 15.8 Å². The van der Waals surface area contributed by atoms with Crippen LogP contribution in [0.1, 0.15) is 20.3 Å². The number of thioether (sulfide) groups is 1. The lowest BCUT2D eigenvalue weighted by molar-refractivity contribution is 0.564. The Morgan fingerprint density at radius 3 is 2.50 bits per heavy atom. The first-order valence-electron chi connectivity index (χ1n) is 6.48. The van der Waals surface area contributed by atoms with E-state index in [1.165, 1.54) is 0 Å². The SMILES string of the molecule is CN=C(NCC1CCS(=O)(=O)C1)NCC(C)(C)SC.I. The average molecular weight is 435 g/mol. The highest BCUT2D eigenvalue weighted by Gasteiger charge is 2.27. The Morgan fingerprint density at radius 1 is 1.40 bits per heavy atom. The Morgan fingerprint density at radius 2 is 2.05 bits per heavy atom. The van der Waals surface area contributed by atoms with Gasteiger partial charge in [0.25, 0.3) is 0 Å². The van der Waals surface area contributed by atoms with E-state index in [2.05, 4.69) is 35.7 Å². The Labute approximate surface area is 144 Å². The highest BCUT2D eigenvalue weighted by Crippen LogP contribution is 2.19. The van der Waals surface area contributed by atoms with Gasteiger partial charge in [0.1, 0.15) is 0 Å². The van der Waals surface area contributed by atoms with E-state index in [9.17, 15) is 8.42 Å². The van der Waals surface area contributed by atoms with Crippen LogP contribution in [0.5, 0.6) is 0 Å². The molecule has 1 rings (SSSR count). The number of nitrogens with one attached hydrogen (secondary N) is 2. The third-order valence-electron chi connectivity index (χ3n) is 3.34. The molecule has 1 atom stereocenters. The van der Waals surface area contributed by atoms with Crippen molar-refractivity contribution in [2.45, 2.75) is 25.0 Å². The normalized spacial score (nSPS) is 22.2. The molecular formula is C12H26IN3O2S2. The first-order chi connectivity index (χ1) is 8.78. The van der Waals surface area contributed by atoms with Gasteiger partial charge in [-0.15, -0.1) is 24.0 Å². The minimum Gasteiger partial charge on any atom is -0.356 e. The Hall–Kier alpha value is 0.300. The van der Waals surface area contributed by atoms with Crippen LogP contribution in [0, 0.1) is 5.92 Å². The first-order valence-corrected chi connectivity index (χ1v) is 9.53. The molecule has 20 heavy (non-hydrogen) atoms. The zero-order valence-corrected chi connectivity index (χ0v) is 16.6. The molecule has 1 saturated heterocycles. The summed E-state index contributed by atoms with van der Waals surface area (Å²) in [5, 5.41) is 6.48. The molecule has 1 aliphatic heterocycles. The third kappa shape index (κ3) is 7.35. The van der Waals surface area contributed by atoms with Crippen LogP contribution in [0.25, 0.3) is 0 Å². The number of guanidine groups is 1. The van der Waals surface area contributed by atoms with E-state index in [4.69, 9.17) is 0 Å². The van der Waals surface area contributed by atoms with E-state index >= 15 is 0 Å². The largest absolute Gasteiger partial charge is 0.356 e. The Balaban J connectivity index is 0.00000361. The first kappa shape index (κ1) is 20.3. The molecule has 0 spiro atoms. The van der Waals surface area contributed by atoms with Crippen LogP contribution in [0.2, 0.25) is 0 Å². The smallest absolute Gasteiger partial charge is 0.191 e. The standard InChI is InChI=1S/C12H25N3O2S2.HI/c1-12(2,18-4)9-15-11(13-3)14-7-10-5-6-19(16,17)8-10;/h10H,5-9H2,1-4H3,(H2,13,14,15);1H. The van der Waals surface area contributed by atoms with Crippen molar-refractivity contribution >= 4 is 51.5 Å². The number of hydrogen-bond acceptors (Lipinski definition) is 4. The van der Waals surface area contributed by atoms with E-state index in [1.807, 2.05) is 0 Å². The number of hydrogen-bond donors (Lipinski definition) is 2. The van der Waals surface area contributed by atoms with Gasteiger partial charge in [-0.25, -0.2) is 8.42 Å². The van der Waals surface area contributed by atoms with Gasteiger partial charge in [-0.3, -0.25) is 4.99 Å². The Kier molecular flexibility index (Phi) is 8.80. The molecule has 0 aromatic carbocycles. The fourth-order valence-electron chi connectivity index (χ4n) is 1.86. The van der Waals surface area contributed by atoms with E-state index in [0.29, 0.717) is 18.1 Å². The van der Waals surface area contributed by atoms with Crippen LogP contribution in [0.3, 0.4) is 0 Å². The maximum Gasteiger partial charge on any atom is 0.191 e. The number of aliphatic imine (C=N–C) groups is 1. The summed E-state index contributed by atoms with van der Waals surface area (Å²) in [6, 6.07) is 0. The van der Waals surface area contributed by atoms with Gasteiger partial charge >= 0.3 is 0 Å². The van der Waals surface area contributed by atoms with E-state index < -0.39 is 9.84 Å². The topological polar surface area (TPSA) is 70.6 Å². The molecule has 0 aliphatic carbocycles. The molecule has 2 N–H and O–H groups in total. The molecule has 1 unspecified atom stereocenters. The lowest BCUT2D eigenvalue weighted by atomic mass is 10.1. The highest BCUT2D eigenvalue weighted by atomic mass is 127. The lowest BCUT2D eigenvalue weighted by Crippen LogP contribution is -2.44. The summed E-state index contributed by atoms with van der Waals surface area (Å²) >= 11 is 1.80. The van der Waals surface area contributed by atoms with Crippen LogP contribution in [-0.2, 0) is 9.84 Å². The number of nitrogens with zero attached hydrogens (tertiary/aromatic N) is 1. The van der Waals surface area contributed by atoms with Crippen molar-refractivity contribution in [3.8, 4) is 0 Å². The van der Waals surface area contributed by atoms with Crippen molar-refractivity contribution in [2.24, 2.45) is 10.9 Å². The average Bonchev–Trinajstić information content (AvgIpc) is 2.69. The molecule has 0 aromatic rings. The zero-order chi connectivity index (χ0) is 14.5. The van der Waals surface area contributed by atoms with Gasteiger partial charge in [-0.1, -0.05) is 0 Å². The van der Waals surface area contributed by atoms with E-state index in [-0.39, 0.29) is 34.6 Å². The predicted octanol–water partition coefficient (Wildman–Crippen LogP) is 1.35. The van der Waals surface area contributed by atoms with E-state index in [0.717, 1.165) is 18.9 Å². The van der Waals surface area contributed by atoms with Crippen LogP contribution in [-0.4, -0.2) is 57.0 Å². The maximum atomic E-state index is 11.4. The molecular weight excluding hydrogens is 409 g/mol. The summed E-state index contributed by atoms with van der Waals surface area (Å²) in [6.07, 6.45) is 2.84. The van der Waals surface area contributed by atoms with E-state index in [1.54, 1.807) is 18.8 Å². The van der Waals surface area contributed by atoms with Gasteiger partial charge in [-0.05, 0) is 32.4 Å². The van der Waals surface area contributed by atoms with Crippen molar-refractivity contribution < 1.29 is 8.42 Å². The second kappa shape index (κ2) is 8.67. The van der Waals surface area contributed by atoms with Gasteiger partial charge in [0.05, 0.1) is 11.5 Å². The second-order valence-corrected chi connectivity index (χ2v) is 9.28. The van der Waals surface area contributed by atoms with Crippen molar-refractivity contribution in [1.82, 2.24) is 10.6 Å². The van der Waals surface area contributed by atoms with Crippen LogP contribution >= 0.6 is 35.7 Å². The predicted molar refractivity (Wildman–Crippen MR) is 99.1 cm³/mol. The third-order valence-corrected chi connectivity index (χ3v) is 6.43. The van der Waals surface area contributed by atoms with Crippen LogP contribution in [0.4, 0.5) is 0 Å². The number of sulfone groups is 1. The second-order valence-electron chi connectivity index (χ2n) is 5.54. The van der Waals surface area contributed by atoms with Gasteiger partial charge < -0.3 is 10.6 Å². The monoisotopic (exact) mass is 435 g/mol. The minimum absolute atomic E-state index is 0. The summed E-state index contributed by atoms with van der Waals surface area (Å²) in [4.78, 5) is 4.16. The molecule has 1 aliphatic rings. The molecule has 5 nitrogen and oxygen atoms in total. The molecule has 0 bridgehead atoms. The Bertz CT molecular complexity index is 424. The van der Waals surface area contributed by atoms with Crippen LogP contribution < -0.4 is 10.6 Å². The quantitative estimate of drug-likeness (QED) is 0.388. The van der Waals surface area contributed by atoms with Crippen molar-refractivity contribution in [2.75, 3.05) is 37.9 Å².